The van der Waals surface area contributed by atoms with Gasteiger partial charge in [0.05, 0.1) is 0 Å². The SMILES string of the molecule is NC(=O)CCN1CC2(CCC(N)CC2)C1. The van der Waals surface area contributed by atoms with Crippen LogP contribution in [-0.2, 0) is 4.79 Å². The molecule has 0 radical (unpaired) electrons. The van der Waals surface area contributed by atoms with Gasteiger partial charge in [-0.1, -0.05) is 0 Å². The van der Waals surface area contributed by atoms with Crippen molar-refractivity contribution in [2.45, 2.75) is 38.1 Å². The van der Waals surface area contributed by atoms with E-state index < -0.39 is 0 Å². The zero-order chi connectivity index (χ0) is 10.9. The van der Waals surface area contributed by atoms with Crippen molar-refractivity contribution in [3.8, 4) is 0 Å². The number of carbonyl (C=O) groups is 1. The first-order valence-electron chi connectivity index (χ1n) is 5.86. The van der Waals surface area contributed by atoms with Crippen LogP contribution in [0.2, 0.25) is 0 Å². The summed E-state index contributed by atoms with van der Waals surface area (Å²) in [6.07, 6.45) is 5.37. The Morgan fingerprint density at radius 3 is 2.47 bits per heavy atom. The molecule has 0 aromatic carbocycles. The fourth-order valence-corrected chi connectivity index (χ4v) is 2.90. The van der Waals surface area contributed by atoms with Crippen LogP contribution in [0.4, 0.5) is 0 Å². The smallest absolute Gasteiger partial charge is 0.218 e. The summed E-state index contributed by atoms with van der Waals surface area (Å²) in [6, 6.07) is 0.426. The molecular weight excluding hydrogens is 190 g/mol. The van der Waals surface area contributed by atoms with Gasteiger partial charge in [0.2, 0.25) is 5.91 Å². The second-order valence-electron chi connectivity index (χ2n) is 5.26. The number of hydrogen-bond donors (Lipinski definition) is 2. The number of primary amides is 1. The van der Waals surface area contributed by atoms with Crippen LogP contribution in [0.1, 0.15) is 32.1 Å². The molecular formula is C11H21N3O. The number of nitrogens with two attached hydrogens (primary N) is 2. The summed E-state index contributed by atoms with van der Waals surface area (Å²) in [4.78, 5) is 13.0. The lowest BCUT2D eigenvalue weighted by Gasteiger charge is -2.53. The van der Waals surface area contributed by atoms with Gasteiger partial charge in [-0.2, -0.15) is 0 Å². The fourth-order valence-electron chi connectivity index (χ4n) is 2.90. The molecule has 86 valence electrons. The summed E-state index contributed by atoms with van der Waals surface area (Å²) in [7, 11) is 0. The van der Waals surface area contributed by atoms with Gasteiger partial charge in [-0.25, -0.2) is 0 Å². The molecule has 4 N–H and O–H groups in total. The molecule has 2 rings (SSSR count). The molecule has 1 aliphatic heterocycles. The lowest BCUT2D eigenvalue weighted by molar-refractivity contribution is -0.119. The fraction of sp³-hybridized carbons (Fsp3) is 0.909. The Hall–Kier alpha value is -0.610. The van der Waals surface area contributed by atoms with E-state index in [1.807, 2.05) is 0 Å². The summed E-state index contributed by atoms with van der Waals surface area (Å²) < 4.78 is 0. The molecule has 1 heterocycles. The number of likely N-dealkylation sites (tertiary alicyclic amines) is 1. The number of rotatable bonds is 3. The van der Waals surface area contributed by atoms with E-state index in [1.54, 1.807) is 0 Å². The van der Waals surface area contributed by atoms with E-state index in [0.29, 0.717) is 17.9 Å². The monoisotopic (exact) mass is 211 g/mol. The topological polar surface area (TPSA) is 72.4 Å². The van der Waals surface area contributed by atoms with Gasteiger partial charge in [0, 0.05) is 32.1 Å². The number of amides is 1. The van der Waals surface area contributed by atoms with Crippen LogP contribution in [0.3, 0.4) is 0 Å². The maximum absolute atomic E-state index is 10.6. The highest BCUT2D eigenvalue weighted by Gasteiger charge is 2.44. The minimum atomic E-state index is -0.193. The lowest BCUT2D eigenvalue weighted by atomic mass is 9.67. The first-order chi connectivity index (χ1) is 7.10. The Morgan fingerprint density at radius 1 is 1.33 bits per heavy atom. The number of nitrogens with zero attached hydrogens (tertiary/aromatic N) is 1. The van der Waals surface area contributed by atoms with E-state index >= 15 is 0 Å². The summed E-state index contributed by atoms with van der Waals surface area (Å²) in [5.41, 5.74) is 11.6. The van der Waals surface area contributed by atoms with E-state index in [4.69, 9.17) is 11.5 Å². The van der Waals surface area contributed by atoms with E-state index in [1.165, 1.54) is 25.7 Å². The van der Waals surface area contributed by atoms with Gasteiger partial charge in [0.1, 0.15) is 0 Å². The summed E-state index contributed by atoms with van der Waals surface area (Å²) >= 11 is 0. The van der Waals surface area contributed by atoms with Crippen LogP contribution in [0.25, 0.3) is 0 Å². The van der Waals surface area contributed by atoms with Crippen LogP contribution in [-0.4, -0.2) is 36.5 Å². The van der Waals surface area contributed by atoms with Crippen LogP contribution in [0, 0.1) is 5.41 Å². The third-order valence-electron chi connectivity index (χ3n) is 3.88. The third kappa shape index (κ3) is 2.49. The van der Waals surface area contributed by atoms with Gasteiger partial charge in [0.25, 0.3) is 0 Å². The van der Waals surface area contributed by atoms with Crippen LogP contribution < -0.4 is 11.5 Å². The molecule has 0 aromatic heterocycles. The molecule has 2 aliphatic rings. The first kappa shape index (κ1) is 10.9. The van der Waals surface area contributed by atoms with Crippen molar-refractivity contribution in [3.05, 3.63) is 0 Å². The predicted molar refractivity (Wildman–Crippen MR) is 59.1 cm³/mol. The third-order valence-corrected chi connectivity index (χ3v) is 3.88. The van der Waals surface area contributed by atoms with Gasteiger partial charge in [-0.3, -0.25) is 4.79 Å². The first-order valence-corrected chi connectivity index (χ1v) is 5.86. The minimum absolute atomic E-state index is 0.193. The molecule has 2 fully saturated rings. The molecule has 1 saturated carbocycles. The largest absolute Gasteiger partial charge is 0.370 e. The Labute approximate surface area is 91.0 Å². The van der Waals surface area contributed by atoms with Crippen molar-refractivity contribution in [3.63, 3.8) is 0 Å². The molecule has 1 aliphatic carbocycles. The second kappa shape index (κ2) is 4.10. The predicted octanol–water partition coefficient (Wildman–Crippen LogP) is 0.0651. The van der Waals surface area contributed by atoms with Crippen molar-refractivity contribution in [1.29, 1.82) is 0 Å². The summed E-state index contributed by atoms with van der Waals surface area (Å²) in [5, 5.41) is 0. The molecule has 1 saturated heterocycles. The molecule has 0 unspecified atom stereocenters. The van der Waals surface area contributed by atoms with E-state index in [2.05, 4.69) is 4.90 Å². The van der Waals surface area contributed by atoms with E-state index in [9.17, 15) is 4.79 Å². The van der Waals surface area contributed by atoms with Crippen LogP contribution >= 0.6 is 0 Å². The van der Waals surface area contributed by atoms with Crippen molar-refractivity contribution in [2.24, 2.45) is 16.9 Å². The second-order valence-corrected chi connectivity index (χ2v) is 5.26. The van der Waals surface area contributed by atoms with Crippen LogP contribution in [0.15, 0.2) is 0 Å². The molecule has 1 spiro atoms. The van der Waals surface area contributed by atoms with E-state index in [0.717, 1.165) is 19.6 Å². The molecule has 15 heavy (non-hydrogen) atoms. The highest BCUT2D eigenvalue weighted by molar-refractivity contribution is 5.73. The lowest BCUT2D eigenvalue weighted by Crippen LogP contribution is -2.58. The van der Waals surface area contributed by atoms with Crippen molar-refractivity contribution < 1.29 is 4.79 Å². The van der Waals surface area contributed by atoms with Crippen LogP contribution in [0.5, 0.6) is 0 Å². The zero-order valence-corrected chi connectivity index (χ0v) is 9.24. The zero-order valence-electron chi connectivity index (χ0n) is 9.24. The average Bonchev–Trinajstić information content (AvgIpc) is 2.14. The maximum Gasteiger partial charge on any atom is 0.218 e. The Balaban J connectivity index is 1.70. The van der Waals surface area contributed by atoms with E-state index in [-0.39, 0.29) is 5.91 Å². The Kier molecular flexibility index (Phi) is 2.98. The quantitative estimate of drug-likeness (QED) is 0.693. The highest BCUT2D eigenvalue weighted by atomic mass is 16.1. The normalized spacial score (nSPS) is 26.5. The summed E-state index contributed by atoms with van der Waals surface area (Å²) in [5.74, 6) is -0.193. The number of carbonyl (C=O) groups excluding carboxylic acids is 1. The Bertz CT molecular complexity index is 238. The number of hydrogen-bond acceptors (Lipinski definition) is 3. The average molecular weight is 211 g/mol. The molecule has 0 aromatic rings. The minimum Gasteiger partial charge on any atom is -0.370 e. The Morgan fingerprint density at radius 2 is 1.93 bits per heavy atom. The maximum atomic E-state index is 10.6. The van der Waals surface area contributed by atoms with Crippen molar-refractivity contribution in [2.75, 3.05) is 19.6 Å². The van der Waals surface area contributed by atoms with Crippen molar-refractivity contribution >= 4 is 5.91 Å². The van der Waals surface area contributed by atoms with Gasteiger partial charge in [0.15, 0.2) is 0 Å². The van der Waals surface area contributed by atoms with Gasteiger partial charge < -0.3 is 16.4 Å². The molecule has 4 nitrogen and oxygen atoms in total. The molecule has 1 amide bonds. The molecule has 0 bridgehead atoms. The van der Waals surface area contributed by atoms with Gasteiger partial charge in [-0.15, -0.1) is 0 Å². The van der Waals surface area contributed by atoms with Gasteiger partial charge in [-0.05, 0) is 31.1 Å². The van der Waals surface area contributed by atoms with Gasteiger partial charge >= 0.3 is 0 Å². The standard InChI is InChI=1S/C11H21N3O/c12-9-1-4-11(5-2-9)7-14(8-11)6-3-10(13)15/h9H,1-8,12H2,(H2,13,15). The molecule has 4 heteroatoms. The molecule has 0 atom stereocenters. The summed E-state index contributed by atoms with van der Waals surface area (Å²) in [6.45, 7) is 3.13. The highest BCUT2D eigenvalue weighted by Crippen LogP contribution is 2.43. The van der Waals surface area contributed by atoms with Crippen molar-refractivity contribution in [1.82, 2.24) is 4.90 Å².